The highest BCUT2D eigenvalue weighted by molar-refractivity contribution is 5.84. The van der Waals surface area contributed by atoms with Crippen LogP contribution in [0.4, 0.5) is 0 Å². The molecule has 1 aromatic carbocycles. The zero-order valence-electron chi connectivity index (χ0n) is 12.3. The van der Waals surface area contributed by atoms with E-state index in [1.807, 2.05) is 18.3 Å². The summed E-state index contributed by atoms with van der Waals surface area (Å²) in [6.07, 6.45) is 5.70. The highest BCUT2D eigenvalue weighted by Gasteiger charge is 2.14. The number of carbonyl (C=O) groups excluding carboxylic acids is 1. The lowest BCUT2D eigenvalue weighted by atomic mass is 10.1. The molecular formula is C17H23N3O. The Morgan fingerprint density at radius 1 is 1.33 bits per heavy atom. The maximum absolute atomic E-state index is 11.9. The third kappa shape index (κ3) is 3.64. The Labute approximate surface area is 125 Å². The van der Waals surface area contributed by atoms with Crippen molar-refractivity contribution in [3.8, 4) is 0 Å². The molecule has 3 N–H and O–H groups in total. The number of hydrogen-bond donors (Lipinski definition) is 3. The molecule has 0 radical (unpaired) electrons. The fourth-order valence-electron chi connectivity index (χ4n) is 3.05. The van der Waals surface area contributed by atoms with Gasteiger partial charge in [0.2, 0.25) is 5.91 Å². The number of rotatable bonds is 6. The minimum Gasteiger partial charge on any atom is -0.361 e. The Kier molecular flexibility index (Phi) is 4.55. The summed E-state index contributed by atoms with van der Waals surface area (Å²) >= 11 is 0. The standard InChI is InChI=1S/C17H23N3O/c21-17(19-10-8-13-7-9-18-11-13)6-5-14-12-20-16-4-2-1-3-15(14)16/h1-4,12-13,18,20H,5-11H2,(H,19,21). The topological polar surface area (TPSA) is 56.9 Å². The molecule has 4 heteroatoms. The summed E-state index contributed by atoms with van der Waals surface area (Å²) < 4.78 is 0. The Morgan fingerprint density at radius 2 is 2.24 bits per heavy atom. The van der Waals surface area contributed by atoms with Crippen molar-refractivity contribution in [1.82, 2.24) is 15.6 Å². The number of aromatic nitrogens is 1. The molecule has 2 aromatic rings. The van der Waals surface area contributed by atoms with Crippen LogP contribution in [0.2, 0.25) is 0 Å². The normalized spacial score (nSPS) is 18.2. The van der Waals surface area contributed by atoms with E-state index in [0.29, 0.717) is 6.42 Å². The quantitative estimate of drug-likeness (QED) is 0.762. The molecule has 0 bridgehead atoms. The van der Waals surface area contributed by atoms with E-state index in [9.17, 15) is 4.79 Å². The van der Waals surface area contributed by atoms with E-state index in [0.717, 1.165) is 43.9 Å². The van der Waals surface area contributed by atoms with Crippen LogP contribution in [-0.2, 0) is 11.2 Å². The van der Waals surface area contributed by atoms with E-state index >= 15 is 0 Å². The summed E-state index contributed by atoms with van der Waals surface area (Å²) in [5, 5.41) is 7.62. The Hall–Kier alpha value is -1.81. The zero-order valence-corrected chi connectivity index (χ0v) is 12.3. The molecule has 1 atom stereocenters. The van der Waals surface area contributed by atoms with Crippen molar-refractivity contribution in [2.45, 2.75) is 25.7 Å². The third-order valence-corrected chi connectivity index (χ3v) is 4.33. The molecule has 1 aliphatic rings. The molecule has 0 saturated carbocycles. The lowest BCUT2D eigenvalue weighted by molar-refractivity contribution is -0.121. The first kappa shape index (κ1) is 14.1. The van der Waals surface area contributed by atoms with E-state index in [2.05, 4.69) is 27.8 Å². The highest BCUT2D eigenvalue weighted by Crippen LogP contribution is 2.18. The van der Waals surface area contributed by atoms with Crippen molar-refractivity contribution in [3.63, 3.8) is 0 Å². The molecule has 1 amide bonds. The second-order valence-corrected chi connectivity index (χ2v) is 5.86. The van der Waals surface area contributed by atoms with E-state index in [1.165, 1.54) is 17.4 Å². The number of hydrogen-bond acceptors (Lipinski definition) is 2. The maximum atomic E-state index is 11.9. The minimum absolute atomic E-state index is 0.159. The number of benzene rings is 1. The van der Waals surface area contributed by atoms with Gasteiger partial charge in [-0.3, -0.25) is 4.79 Å². The zero-order chi connectivity index (χ0) is 14.5. The number of carbonyl (C=O) groups is 1. The summed E-state index contributed by atoms with van der Waals surface area (Å²) in [5.74, 6) is 0.894. The molecule has 1 fully saturated rings. The Morgan fingerprint density at radius 3 is 3.10 bits per heavy atom. The number of amides is 1. The van der Waals surface area contributed by atoms with Gasteiger partial charge in [-0.1, -0.05) is 18.2 Å². The molecule has 1 aromatic heterocycles. The Bertz CT molecular complexity index is 599. The number of para-hydroxylation sites is 1. The smallest absolute Gasteiger partial charge is 0.220 e. The molecular weight excluding hydrogens is 262 g/mol. The largest absolute Gasteiger partial charge is 0.361 e. The van der Waals surface area contributed by atoms with Crippen LogP contribution in [0.1, 0.15) is 24.8 Å². The summed E-state index contributed by atoms with van der Waals surface area (Å²) in [6, 6.07) is 8.23. The van der Waals surface area contributed by atoms with Gasteiger partial charge in [0.15, 0.2) is 0 Å². The first-order chi connectivity index (χ1) is 10.3. The molecule has 3 rings (SSSR count). The summed E-state index contributed by atoms with van der Waals surface area (Å²) in [6.45, 7) is 3.03. The number of aryl methyl sites for hydroxylation is 1. The van der Waals surface area contributed by atoms with Crippen molar-refractivity contribution in [1.29, 1.82) is 0 Å². The lowest BCUT2D eigenvalue weighted by Gasteiger charge is -2.09. The second kappa shape index (κ2) is 6.76. The van der Waals surface area contributed by atoms with Gasteiger partial charge in [0.1, 0.15) is 0 Å². The fraction of sp³-hybridized carbons (Fsp3) is 0.471. The van der Waals surface area contributed by atoms with E-state index in [4.69, 9.17) is 0 Å². The predicted molar refractivity (Wildman–Crippen MR) is 85.2 cm³/mol. The van der Waals surface area contributed by atoms with Gasteiger partial charge in [-0.15, -0.1) is 0 Å². The van der Waals surface area contributed by atoms with Gasteiger partial charge < -0.3 is 15.6 Å². The Balaban J connectivity index is 1.43. The summed E-state index contributed by atoms with van der Waals surface area (Å²) in [4.78, 5) is 15.2. The molecule has 0 aliphatic carbocycles. The molecule has 0 spiro atoms. The van der Waals surface area contributed by atoms with E-state index < -0.39 is 0 Å². The van der Waals surface area contributed by atoms with E-state index in [-0.39, 0.29) is 5.91 Å². The van der Waals surface area contributed by atoms with Crippen molar-refractivity contribution >= 4 is 16.8 Å². The average molecular weight is 285 g/mol. The first-order valence-electron chi connectivity index (χ1n) is 7.85. The number of aromatic amines is 1. The van der Waals surface area contributed by atoms with Crippen LogP contribution in [-0.4, -0.2) is 30.5 Å². The monoisotopic (exact) mass is 285 g/mol. The van der Waals surface area contributed by atoms with E-state index in [1.54, 1.807) is 0 Å². The lowest BCUT2D eigenvalue weighted by Crippen LogP contribution is -2.26. The molecule has 4 nitrogen and oxygen atoms in total. The molecule has 1 aliphatic heterocycles. The summed E-state index contributed by atoms with van der Waals surface area (Å²) in [5.41, 5.74) is 2.36. The number of H-pyrrole nitrogens is 1. The third-order valence-electron chi connectivity index (χ3n) is 4.33. The van der Waals surface area contributed by atoms with Gasteiger partial charge in [-0.2, -0.15) is 0 Å². The van der Waals surface area contributed by atoms with Gasteiger partial charge >= 0.3 is 0 Å². The molecule has 2 heterocycles. The van der Waals surface area contributed by atoms with Gasteiger partial charge in [0.25, 0.3) is 0 Å². The first-order valence-corrected chi connectivity index (χ1v) is 7.85. The molecule has 21 heavy (non-hydrogen) atoms. The van der Waals surface area contributed by atoms with Gasteiger partial charge in [0.05, 0.1) is 0 Å². The molecule has 112 valence electrons. The van der Waals surface area contributed by atoms with Gasteiger partial charge in [-0.05, 0) is 49.9 Å². The fourth-order valence-corrected chi connectivity index (χ4v) is 3.05. The predicted octanol–water partition coefficient (Wildman–Crippen LogP) is 2.22. The highest BCUT2D eigenvalue weighted by atomic mass is 16.1. The number of fused-ring (bicyclic) bond motifs is 1. The molecule has 1 saturated heterocycles. The number of nitrogens with one attached hydrogen (secondary N) is 3. The van der Waals surface area contributed by atoms with Crippen molar-refractivity contribution in [2.75, 3.05) is 19.6 Å². The van der Waals surface area contributed by atoms with Crippen molar-refractivity contribution in [2.24, 2.45) is 5.92 Å². The van der Waals surface area contributed by atoms with Crippen LogP contribution in [0.25, 0.3) is 10.9 Å². The SMILES string of the molecule is O=C(CCc1c[nH]c2ccccc12)NCCC1CCNC1. The van der Waals surface area contributed by atoms with Crippen LogP contribution in [0.5, 0.6) is 0 Å². The summed E-state index contributed by atoms with van der Waals surface area (Å²) in [7, 11) is 0. The van der Waals surface area contributed by atoms with Crippen LogP contribution in [0, 0.1) is 5.92 Å². The average Bonchev–Trinajstić information content (AvgIpc) is 3.14. The molecule has 1 unspecified atom stereocenters. The van der Waals surface area contributed by atoms with Crippen LogP contribution in [0.3, 0.4) is 0 Å². The van der Waals surface area contributed by atoms with Crippen LogP contribution in [0.15, 0.2) is 30.5 Å². The van der Waals surface area contributed by atoms with Crippen LogP contribution < -0.4 is 10.6 Å². The van der Waals surface area contributed by atoms with Gasteiger partial charge in [-0.25, -0.2) is 0 Å². The van der Waals surface area contributed by atoms with Crippen LogP contribution >= 0.6 is 0 Å². The minimum atomic E-state index is 0.159. The maximum Gasteiger partial charge on any atom is 0.220 e. The van der Waals surface area contributed by atoms with Gasteiger partial charge in [0, 0.05) is 30.1 Å². The second-order valence-electron chi connectivity index (χ2n) is 5.86. The van der Waals surface area contributed by atoms with Crippen molar-refractivity contribution < 1.29 is 4.79 Å². The van der Waals surface area contributed by atoms with Crippen molar-refractivity contribution in [3.05, 3.63) is 36.0 Å².